The van der Waals surface area contributed by atoms with E-state index >= 15 is 0 Å². The first kappa shape index (κ1) is 10.3. The number of nitrogens with zero attached hydrogens (tertiary/aromatic N) is 1. The van der Waals surface area contributed by atoms with Gasteiger partial charge in [0.15, 0.2) is 0 Å². The first-order chi connectivity index (χ1) is 6.56. The molecule has 14 heavy (non-hydrogen) atoms. The second-order valence-electron chi connectivity index (χ2n) is 2.64. The number of halogens is 2. The fraction of sp³-hybridized carbons (Fsp3) is 0.111. The van der Waals surface area contributed by atoms with E-state index in [4.69, 9.17) is 5.21 Å². The van der Waals surface area contributed by atoms with Crippen molar-refractivity contribution in [2.24, 2.45) is 5.16 Å². The minimum atomic E-state index is -0.974. The number of oxime groups is 1. The van der Waals surface area contributed by atoms with Gasteiger partial charge in [0.05, 0.1) is 5.56 Å². The number of carbonyl (C=O) groups excluding carboxylic acids is 1. The van der Waals surface area contributed by atoms with Crippen molar-refractivity contribution in [2.45, 2.75) is 6.92 Å². The van der Waals surface area contributed by atoms with E-state index < -0.39 is 17.4 Å². The van der Waals surface area contributed by atoms with Crippen LogP contribution >= 0.6 is 0 Å². The lowest BCUT2D eigenvalue weighted by Gasteiger charge is -2.00. The summed E-state index contributed by atoms with van der Waals surface area (Å²) in [7, 11) is 0. The molecule has 0 saturated heterocycles. The molecule has 74 valence electrons. The molecule has 0 fully saturated rings. The molecule has 0 saturated carbocycles. The number of hydrogen-bond acceptors (Lipinski definition) is 3. The van der Waals surface area contributed by atoms with E-state index in [0.717, 1.165) is 12.1 Å². The van der Waals surface area contributed by atoms with Crippen molar-refractivity contribution < 1.29 is 18.8 Å². The minimum absolute atomic E-state index is 0.254. The van der Waals surface area contributed by atoms with Gasteiger partial charge in [-0.2, -0.15) is 0 Å². The SMILES string of the molecule is C/C(=N\O)C(=O)c1ccc(F)cc1F. The number of carbonyl (C=O) groups is 1. The van der Waals surface area contributed by atoms with Crippen LogP contribution in [0, 0.1) is 11.6 Å². The fourth-order valence-corrected chi connectivity index (χ4v) is 0.914. The van der Waals surface area contributed by atoms with E-state index in [1.165, 1.54) is 6.92 Å². The lowest BCUT2D eigenvalue weighted by atomic mass is 10.1. The summed E-state index contributed by atoms with van der Waals surface area (Å²) in [6.45, 7) is 1.23. The maximum absolute atomic E-state index is 13.0. The van der Waals surface area contributed by atoms with Gasteiger partial charge in [-0.05, 0) is 19.1 Å². The zero-order valence-electron chi connectivity index (χ0n) is 7.29. The van der Waals surface area contributed by atoms with Crippen LogP contribution < -0.4 is 0 Å². The molecule has 0 unspecified atom stereocenters. The molecule has 0 heterocycles. The molecular formula is C9H7F2NO2. The number of hydrogen-bond donors (Lipinski definition) is 1. The Labute approximate surface area is 78.7 Å². The van der Waals surface area contributed by atoms with Crippen molar-refractivity contribution in [3.63, 3.8) is 0 Å². The Balaban J connectivity index is 3.14. The summed E-state index contributed by atoms with van der Waals surface area (Å²) in [4.78, 5) is 11.3. The first-order valence-corrected chi connectivity index (χ1v) is 3.74. The minimum Gasteiger partial charge on any atom is -0.411 e. The van der Waals surface area contributed by atoms with Gasteiger partial charge in [-0.15, -0.1) is 0 Å². The molecule has 0 aliphatic heterocycles. The zero-order chi connectivity index (χ0) is 10.7. The molecule has 1 aromatic carbocycles. The summed E-state index contributed by atoms with van der Waals surface area (Å²) in [5.74, 6) is -2.51. The summed E-state index contributed by atoms with van der Waals surface area (Å²) in [5, 5.41) is 10.9. The van der Waals surface area contributed by atoms with Crippen LogP contribution in [0.1, 0.15) is 17.3 Å². The highest BCUT2D eigenvalue weighted by molar-refractivity contribution is 6.45. The third-order valence-corrected chi connectivity index (χ3v) is 1.65. The highest BCUT2D eigenvalue weighted by atomic mass is 19.1. The summed E-state index contributed by atoms with van der Waals surface area (Å²) >= 11 is 0. The summed E-state index contributed by atoms with van der Waals surface area (Å²) in [5.41, 5.74) is -0.572. The van der Waals surface area contributed by atoms with E-state index in [9.17, 15) is 13.6 Å². The van der Waals surface area contributed by atoms with E-state index in [1.807, 2.05) is 0 Å². The average Bonchev–Trinajstić information content (AvgIpc) is 2.15. The van der Waals surface area contributed by atoms with Crippen LogP contribution in [-0.2, 0) is 0 Å². The summed E-state index contributed by atoms with van der Waals surface area (Å²) in [6.07, 6.45) is 0. The maximum atomic E-state index is 13.0. The van der Waals surface area contributed by atoms with Gasteiger partial charge in [0, 0.05) is 6.07 Å². The summed E-state index contributed by atoms with van der Waals surface area (Å²) < 4.78 is 25.5. The standard InChI is InChI=1S/C9H7F2NO2/c1-5(12-14)9(13)7-3-2-6(10)4-8(7)11/h2-4,14H,1H3/b12-5+. The monoisotopic (exact) mass is 199 g/mol. The van der Waals surface area contributed by atoms with Crippen molar-refractivity contribution >= 4 is 11.5 Å². The van der Waals surface area contributed by atoms with E-state index in [-0.39, 0.29) is 11.3 Å². The maximum Gasteiger partial charge on any atom is 0.213 e. The van der Waals surface area contributed by atoms with E-state index in [2.05, 4.69) is 5.16 Å². The molecule has 0 bridgehead atoms. The van der Waals surface area contributed by atoms with Crippen LogP contribution in [0.4, 0.5) is 8.78 Å². The van der Waals surface area contributed by atoms with Crippen molar-refractivity contribution in [1.29, 1.82) is 0 Å². The molecule has 5 heteroatoms. The normalized spacial score (nSPS) is 11.5. The number of ketones is 1. The lowest BCUT2D eigenvalue weighted by molar-refractivity contribution is 0.105. The Hall–Kier alpha value is -1.78. The van der Waals surface area contributed by atoms with Gasteiger partial charge in [0.2, 0.25) is 5.78 Å². The predicted octanol–water partition coefficient (Wildman–Crippen LogP) is 2.00. The van der Waals surface area contributed by atoms with Gasteiger partial charge in [0.1, 0.15) is 17.3 Å². The van der Waals surface area contributed by atoms with Gasteiger partial charge in [0.25, 0.3) is 0 Å². The predicted molar refractivity (Wildman–Crippen MR) is 45.6 cm³/mol. The second-order valence-corrected chi connectivity index (χ2v) is 2.64. The molecule has 0 aromatic heterocycles. The van der Waals surface area contributed by atoms with Crippen LogP contribution in [-0.4, -0.2) is 16.7 Å². The zero-order valence-corrected chi connectivity index (χ0v) is 7.29. The van der Waals surface area contributed by atoms with Gasteiger partial charge >= 0.3 is 0 Å². The van der Waals surface area contributed by atoms with Gasteiger partial charge in [-0.1, -0.05) is 5.16 Å². The molecule has 1 N–H and O–H groups in total. The highest BCUT2D eigenvalue weighted by Gasteiger charge is 2.15. The Morgan fingerprint density at radius 2 is 2.07 bits per heavy atom. The number of benzene rings is 1. The summed E-state index contributed by atoms with van der Waals surface area (Å²) in [6, 6.07) is 2.56. The molecule has 1 rings (SSSR count). The third kappa shape index (κ3) is 1.93. The Morgan fingerprint density at radius 3 is 2.57 bits per heavy atom. The van der Waals surface area contributed by atoms with Crippen molar-refractivity contribution in [1.82, 2.24) is 0 Å². The third-order valence-electron chi connectivity index (χ3n) is 1.65. The number of rotatable bonds is 2. The largest absolute Gasteiger partial charge is 0.411 e. The molecule has 0 aliphatic carbocycles. The van der Waals surface area contributed by atoms with Gasteiger partial charge in [-0.3, -0.25) is 4.79 Å². The quantitative estimate of drug-likeness (QED) is 0.342. The Bertz CT molecular complexity index is 402. The van der Waals surface area contributed by atoms with Crippen LogP contribution in [0.3, 0.4) is 0 Å². The highest BCUT2D eigenvalue weighted by Crippen LogP contribution is 2.10. The van der Waals surface area contributed by atoms with Crippen molar-refractivity contribution in [3.8, 4) is 0 Å². The van der Waals surface area contributed by atoms with Crippen LogP contribution in [0.25, 0.3) is 0 Å². The van der Waals surface area contributed by atoms with E-state index in [0.29, 0.717) is 6.07 Å². The van der Waals surface area contributed by atoms with Crippen LogP contribution in [0.5, 0.6) is 0 Å². The molecule has 0 atom stereocenters. The molecule has 0 spiro atoms. The smallest absolute Gasteiger partial charge is 0.213 e. The Morgan fingerprint density at radius 1 is 1.43 bits per heavy atom. The van der Waals surface area contributed by atoms with Crippen LogP contribution in [0.15, 0.2) is 23.4 Å². The lowest BCUT2D eigenvalue weighted by Crippen LogP contribution is -2.12. The molecule has 3 nitrogen and oxygen atoms in total. The first-order valence-electron chi connectivity index (χ1n) is 3.74. The van der Waals surface area contributed by atoms with Crippen molar-refractivity contribution in [3.05, 3.63) is 35.4 Å². The topological polar surface area (TPSA) is 49.7 Å². The van der Waals surface area contributed by atoms with E-state index in [1.54, 1.807) is 0 Å². The fourth-order valence-electron chi connectivity index (χ4n) is 0.914. The van der Waals surface area contributed by atoms with Gasteiger partial charge in [-0.25, -0.2) is 8.78 Å². The Kier molecular flexibility index (Phi) is 2.91. The molecule has 0 aliphatic rings. The molecular weight excluding hydrogens is 192 g/mol. The van der Waals surface area contributed by atoms with Crippen LogP contribution in [0.2, 0.25) is 0 Å². The van der Waals surface area contributed by atoms with Crippen molar-refractivity contribution in [2.75, 3.05) is 0 Å². The average molecular weight is 199 g/mol. The molecule has 1 aromatic rings. The number of Topliss-reactive ketones (excluding diaryl/α,β-unsaturated/α-hetero) is 1. The molecule has 0 radical (unpaired) electrons. The van der Waals surface area contributed by atoms with Gasteiger partial charge < -0.3 is 5.21 Å². The second kappa shape index (κ2) is 3.95. The molecule has 0 amide bonds.